The van der Waals surface area contributed by atoms with E-state index in [9.17, 15) is 14.4 Å². The van der Waals surface area contributed by atoms with Crippen molar-refractivity contribution in [1.82, 2.24) is 9.47 Å². The van der Waals surface area contributed by atoms with Gasteiger partial charge in [-0.25, -0.2) is 0 Å². The molecule has 0 aliphatic carbocycles. The van der Waals surface area contributed by atoms with E-state index in [1.165, 1.54) is 21.7 Å². The number of halogens is 1. The summed E-state index contributed by atoms with van der Waals surface area (Å²) >= 11 is 3.33. The van der Waals surface area contributed by atoms with Crippen molar-refractivity contribution in [2.24, 2.45) is 0 Å². The second-order valence-electron chi connectivity index (χ2n) is 5.83. The fourth-order valence-corrected chi connectivity index (χ4v) is 2.76. The summed E-state index contributed by atoms with van der Waals surface area (Å²) < 4.78 is 2.04. The number of hydrogen-bond acceptors (Lipinski definition) is 3. The maximum absolute atomic E-state index is 13.0. The number of likely N-dealkylation sites (N-methyl/N-ethyl adjacent to an activating group) is 1. The van der Waals surface area contributed by atoms with Crippen LogP contribution in [0.25, 0.3) is 0 Å². The standard InChI is InChI=1S/C19H21BrN2O3/c1-3-4-12-21(2)19(25)17(22-13-6-5-7-16(22)23)18(24)14-8-10-15(20)11-9-14/h5-11,13,17H,3-4,12H2,1-2H3. The second-order valence-corrected chi connectivity index (χ2v) is 6.75. The van der Waals surface area contributed by atoms with E-state index in [4.69, 9.17) is 0 Å². The maximum atomic E-state index is 13.0. The molecule has 0 fully saturated rings. The molecule has 1 aromatic carbocycles. The number of rotatable bonds is 7. The van der Waals surface area contributed by atoms with Crippen molar-refractivity contribution in [3.05, 3.63) is 69.1 Å². The second kappa shape index (κ2) is 8.76. The van der Waals surface area contributed by atoms with E-state index < -0.39 is 11.8 Å². The number of pyridine rings is 1. The molecule has 0 N–H and O–H groups in total. The highest BCUT2D eigenvalue weighted by atomic mass is 79.9. The molecule has 2 aromatic rings. The van der Waals surface area contributed by atoms with E-state index in [2.05, 4.69) is 15.9 Å². The Labute approximate surface area is 155 Å². The minimum absolute atomic E-state index is 0.379. The quantitative estimate of drug-likeness (QED) is 0.525. The minimum Gasteiger partial charge on any atom is -0.344 e. The van der Waals surface area contributed by atoms with Crippen molar-refractivity contribution < 1.29 is 9.59 Å². The van der Waals surface area contributed by atoms with Crippen molar-refractivity contribution in [3.8, 4) is 0 Å². The summed E-state index contributed by atoms with van der Waals surface area (Å²) in [4.78, 5) is 39.7. The average molecular weight is 405 g/mol. The molecule has 1 aromatic heterocycles. The molecule has 1 atom stereocenters. The molecule has 1 unspecified atom stereocenters. The smallest absolute Gasteiger partial charge is 0.253 e. The van der Waals surface area contributed by atoms with Crippen LogP contribution in [-0.2, 0) is 4.79 Å². The van der Waals surface area contributed by atoms with Gasteiger partial charge in [-0.1, -0.05) is 47.5 Å². The van der Waals surface area contributed by atoms with E-state index in [0.29, 0.717) is 12.1 Å². The summed E-state index contributed by atoms with van der Waals surface area (Å²) in [5, 5.41) is 0. The maximum Gasteiger partial charge on any atom is 0.253 e. The zero-order valence-electron chi connectivity index (χ0n) is 14.3. The molecular formula is C19H21BrN2O3. The molecule has 0 spiro atoms. The van der Waals surface area contributed by atoms with Gasteiger partial charge in [0.15, 0.2) is 11.8 Å². The van der Waals surface area contributed by atoms with Crippen LogP contribution < -0.4 is 5.56 Å². The van der Waals surface area contributed by atoms with E-state index in [-0.39, 0.29) is 11.5 Å². The first-order chi connectivity index (χ1) is 12.0. The third kappa shape index (κ3) is 4.66. The summed E-state index contributed by atoms with van der Waals surface area (Å²) in [7, 11) is 1.66. The van der Waals surface area contributed by atoms with Gasteiger partial charge in [0.1, 0.15) is 0 Å². The molecule has 0 bridgehead atoms. The fraction of sp³-hybridized carbons (Fsp3) is 0.316. The summed E-state index contributed by atoms with van der Waals surface area (Å²) in [6.45, 7) is 2.57. The predicted molar refractivity (Wildman–Crippen MR) is 101 cm³/mol. The van der Waals surface area contributed by atoms with E-state index in [1.807, 2.05) is 6.92 Å². The van der Waals surface area contributed by atoms with E-state index >= 15 is 0 Å². The molecule has 5 nitrogen and oxygen atoms in total. The first kappa shape index (κ1) is 19.1. The molecular weight excluding hydrogens is 384 g/mol. The van der Waals surface area contributed by atoms with Crippen LogP contribution in [0.4, 0.5) is 0 Å². The number of nitrogens with zero attached hydrogens (tertiary/aromatic N) is 2. The Morgan fingerprint density at radius 3 is 2.44 bits per heavy atom. The molecule has 1 amide bonds. The fourth-order valence-electron chi connectivity index (χ4n) is 2.50. The number of unbranched alkanes of at least 4 members (excludes halogenated alkanes) is 1. The normalized spacial score (nSPS) is 11.8. The molecule has 2 rings (SSSR count). The topological polar surface area (TPSA) is 59.4 Å². The van der Waals surface area contributed by atoms with Crippen molar-refractivity contribution >= 4 is 27.6 Å². The van der Waals surface area contributed by atoms with Crippen LogP contribution in [0.5, 0.6) is 0 Å². The molecule has 0 aliphatic heterocycles. The highest BCUT2D eigenvalue weighted by Crippen LogP contribution is 2.18. The summed E-state index contributed by atoms with van der Waals surface area (Å²) in [6, 6.07) is 10.2. The number of hydrogen-bond donors (Lipinski definition) is 0. The highest BCUT2D eigenvalue weighted by molar-refractivity contribution is 9.10. The summed E-state index contributed by atoms with van der Waals surface area (Å²) in [5.41, 5.74) is 0.0106. The lowest BCUT2D eigenvalue weighted by molar-refractivity contribution is -0.132. The van der Waals surface area contributed by atoms with Crippen LogP contribution >= 0.6 is 15.9 Å². The van der Waals surface area contributed by atoms with Crippen LogP contribution in [0.3, 0.4) is 0 Å². The Balaban J connectivity index is 2.43. The minimum atomic E-state index is -1.20. The molecule has 0 radical (unpaired) electrons. The average Bonchev–Trinajstić information content (AvgIpc) is 2.61. The van der Waals surface area contributed by atoms with Gasteiger partial charge in [0.25, 0.3) is 11.5 Å². The number of aromatic nitrogens is 1. The lowest BCUT2D eigenvalue weighted by atomic mass is 10.0. The van der Waals surface area contributed by atoms with Crippen LogP contribution in [0, 0.1) is 0 Å². The third-order valence-corrected chi connectivity index (χ3v) is 4.49. The number of carbonyl (C=O) groups excluding carboxylic acids is 2. The Bertz CT molecular complexity index is 799. The lowest BCUT2D eigenvalue weighted by Crippen LogP contribution is -2.42. The number of Topliss-reactive ketones (excluding diaryl/α,β-unsaturated/α-hetero) is 1. The van der Waals surface area contributed by atoms with Gasteiger partial charge in [-0.2, -0.15) is 0 Å². The molecule has 0 saturated heterocycles. The van der Waals surface area contributed by atoms with Crippen LogP contribution in [0.1, 0.15) is 36.2 Å². The lowest BCUT2D eigenvalue weighted by Gasteiger charge is -2.24. The number of amides is 1. The monoisotopic (exact) mass is 404 g/mol. The third-order valence-electron chi connectivity index (χ3n) is 3.96. The van der Waals surface area contributed by atoms with Gasteiger partial charge in [0.05, 0.1) is 0 Å². The van der Waals surface area contributed by atoms with E-state index in [1.54, 1.807) is 43.4 Å². The molecule has 25 heavy (non-hydrogen) atoms. The summed E-state index contributed by atoms with van der Waals surface area (Å²) in [5.74, 6) is -0.774. The van der Waals surface area contributed by atoms with Crippen molar-refractivity contribution in [1.29, 1.82) is 0 Å². The Morgan fingerprint density at radius 2 is 1.84 bits per heavy atom. The number of ketones is 1. The van der Waals surface area contributed by atoms with Crippen molar-refractivity contribution in [3.63, 3.8) is 0 Å². The number of carbonyl (C=O) groups is 2. The Hall–Kier alpha value is -2.21. The molecule has 1 heterocycles. The van der Waals surface area contributed by atoms with Gasteiger partial charge in [0, 0.05) is 35.9 Å². The molecule has 0 aliphatic rings. The zero-order valence-corrected chi connectivity index (χ0v) is 15.9. The van der Waals surface area contributed by atoms with Gasteiger partial charge in [-0.05, 0) is 24.6 Å². The largest absolute Gasteiger partial charge is 0.344 e. The SMILES string of the molecule is CCCCN(C)C(=O)C(C(=O)c1ccc(Br)cc1)n1ccccc1=O. The van der Waals surface area contributed by atoms with Gasteiger partial charge in [0.2, 0.25) is 0 Å². The van der Waals surface area contributed by atoms with Gasteiger partial charge in [-0.3, -0.25) is 19.0 Å². The van der Waals surface area contributed by atoms with Crippen LogP contribution in [-0.4, -0.2) is 34.7 Å². The first-order valence-electron chi connectivity index (χ1n) is 8.17. The molecule has 132 valence electrons. The molecule has 0 saturated carbocycles. The molecule has 6 heteroatoms. The highest BCUT2D eigenvalue weighted by Gasteiger charge is 2.32. The van der Waals surface area contributed by atoms with Crippen LogP contribution in [0.2, 0.25) is 0 Å². The zero-order chi connectivity index (χ0) is 18.4. The Kier molecular flexibility index (Phi) is 6.70. The Morgan fingerprint density at radius 1 is 1.16 bits per heavy atom. The van der Waals surface area contributed by atoms with Gasteiger partial charge in [-0.15, -0.1) is 0 Å². The van der Waals surface area contributed by atoms with Gasteiger partial charge < -0.3 is 4.90 Å². The number of benzene rings is 1. The predicted octanol–water partition coefficient (Wildman–Crippen LogP) is 3.29. The van der Waals surface area contributed by atoms with Gasteiger partial charge >= 0.3 is 0 Å². The first-order valence-corrected chi connectivity index (χ1v) is 8.97. The van der Waals surface area contributed by atoms with Crippen molar-refractivity contribution in [2.75, 3.05) is 13.6 Å². The van der Waals surface area contributed by atoms with Crippen molar-refractivity contribution in [2.45, 2.75) is 25.8 Å². The van der Waals surface area contributed by atoms with E-state index in [0.717, 1.165) is 17.3 Å². The van der Waals surface area contributed by atoms with Crippen LogP contribution in [0.15, 0.2) is 57.9 Å². The summed E-state index contributed by atoms with van der Waals surface area (Å²) in [6.07, 6.45) is 3.26.